The van der Waals surface area contributed by atoms with Gasteiger partial charge in [-0.05, 0) is 23.5 Å². The van der Waals surface area contributed by atoms with Crippen molar-refractivity contribution in [2.75, 3.05) is 5.75 Å². The van der Waals surface area contributed by atoms with Crippen LogP contribution >= 0.6 is 11.8 Å². The highest BCUT2D eigenvalue weighted by Crippen LogP contribution is 2.28. The second-order valence-corrected chi connectivity index (χ2v) is 5.67. The summed E-state index contributed by atoms with van der Waals surface area (Å²) in [7, 11) is 0. The highest BCUT2D eigenvalue weighted by molar-refractivity contribution is 8.14. The van der Waals surface area contributed by atoms with E-state index >= 15 is 0 Å². The third kappa shape index (κ3) is 2.79. The maximum Gasteiger partial charge on any atom is 0.154 e. The van der Waals surface area contributed by atoms with Gasteiger partial charge in [0.05, 0.1) is 6.04 Å². The molecule has 16 heavy (non-hydrogen) atoms. The lowest BCUT2D eigenvalue weighted by atomic mass is 10.00. The Bertz CT molecular complexity index is 381. The first-order chi connectivity index (χ1) is 7.65. The fourth-order valence-corrected chi connectivity index (χ4v) is 2.71. The van der Waals surface area contributed by atoms with Gasteiger partial charge in [0.25, 0.3) is 0 Å². The molecule has 1 aliphatic rings. The van der Waals surface area contributed by atoms with Crippen molar-refractivity contribution in [1.82, 2.24) is 0 Å². The van der Waals surface area contributed by atoms with E-state index < -0.39 is 0 Å². The molecule has 0 saturated carbocycles. The lowest BCUT2D eigenvalue weighted by molar-refractivity contribution is 0.647. The molecule has 0 radical (unpaired) electrons. The van der Waals surface area contributed by atoms with Crippen molar-refractivity contribution in [1.29, 1.82) is 0 Å². The molecule has 1 unspecified atom stereocenters. The fourth-order valence-electron chi connectivity index (χ4n) is 1.91. The molecule has 3 heteroatoms. The predicted molar refractivity (Wildman–Crippen MR) is 71.8 cm³/mol. The largest absolute Gasteiger partial charge is 0.379 e. The maximum atomic E-state index is 5.67. The molecule has 0 aliphatic carbocycles. The smallest absolute Gasteiger partial charge is 0.154 e. The third-order valence-electron chi connectivity index (χ3n) is 2.68. The summed E-state index contributed by atoms with van der Waals surface area (Å²) in [5, 5.41) is 0.719. The Morgan fingerprint density at radius 3 is 2.56 bits per heavy atom. The van der Waals surface area contributed by atoms with E-state index in [1.807, 2.05) is 0 Å². The molecule has 2 N–H and O–H groups in total. The van der Waals surface area contributed by atoms with Gasteiger partial charge in [-0.15, -0.1) is 0 Å². The topological polar surface area (TPSA) is 38.4 Å². The Morgan fingerprint density at radius 1 is 1.38 bits per heavy atom. The standard InChI is InChI=1S/C13H18N2S/c1-9(2)7-10-3-5-11(6-4-10)12-8-16-13(14)15-12/h3-6,9,12H,7-8H2,1-2H3,(H2,14,15). The van der Waals surface area contributed by atoms with E-state index in [0.29, 0.717) is 5.92 Å². The third-order valence-corrected chi connectivity index (χ3v) is 3.56. The number of nitrogens with two attached hydrogens (primary N) is 1. The lowest BCUT2D eigenvalue weighted by Crippen LogP contribution is -2.01. The van der Waals surface area contributed by atoms with Gasteiger partial charge in [-0.1, -0.05) is 49.9 Å². The van der Waals surface area contributed by atoms with E-state index in [9.17, 15) is 0 Å². The molecule has 1 heterocycles. The summed E-state index contributed by atoms with van der Waals surface area (Å²) < 4.78 is 0. The number of aliphatic imine (C=N–C) groups is 1. The van der Waals surface area contributed by atoms with Gasteiger partial charge in [0.2, 0.25) is 0 Å². The van der Waals surface area contributed by atoms with Crippen LogP contribution in [-0.4, -0.2) is 10.9 Å². The lowest BCUT2D eigenvalue weighted by Gasteiger charge is -2.09. The summed E-state index contributed by atoms with van der Waals surface area (Å²) in [5.41, 5.74) is 8.35. The molecular formula is C13H18N2S. The van der Waals surface area contributed by atoms with Gasteiger partial charge < -0.3 is 5.73 Å². The number of thioether (sulfide) groups is 1. The number of hydrogen-bond donors (Lipinski definition) is 1. The molecule has 0 fully saturated rings. The molecule has 0 aromatic heterocycles. The van der Waals surface area contributed by atoms with Crippen molar-refractivity contribution in [3.63, 3.8) is 0 Å². The summed E-state index contributed by atoms with van der Waals surface area (Å²) >= 11 is 1.64. The first kappa shape index (κ1) is 11.5. The minimum absolute atomic E-state index is 0.262. The summed E-state index contributed by atoms with van der Waals surface area (Å²) in [4.78, 5) is 4.41. The Labute approximate surface area is 101 Å². The summed E-state index contributed by atoms with van der Waals surface area (Å²) in [6, 6.07) is 9.06. The first-order valence-corrected chi connectivity index (χ1v) is 6.68. The molecule has 2 rings (SSSR count). The molecule has 0 saturated heterocycles. The Morgan fingerprint density at radius 2 is 2.06 bits per heavy atom. The van der Waals surface area contributed by atoms with Gasteiger partial charge >= 0.3 is 0 Å². The van der Waals surface area contributed by atoms with E-state index in [1.165, 1.54) is 11.1 Å². The predicted octanol–water partition coefficient (Wildman–Crippen LogP) is 2.99. The summed E-state index contributed by atoms with van der Waals surface area (Å²) in [6.07, 6.45) is 1.14. The van der Waals surface area contributed by atoms with Gasteiger partial charge in [0.15, 0.2) is 5.17 Å². The van der Waals surface area contributed by atoms with Crippen LogP contribution in [0.5, 0.6) is 0 Å². The van der Waals surface area contributed by atoms with Crippen molar-refractivity contribution in [2.24, 2.45) is 16.6 Å². The molecule has 0 spiro atoms. The number of benzene rings is 1. The van der Waals surface area contributed by atoms with Crippen molar-refractivity contribution >= 4 is 16.9 Å². The van der Waals surface area contributed by atoms with Gasteiger partial charge in [-0.25, -0.2) is 0 Å². The van der Waals surface area contributed by atoms with Crippen LogP contribution in [-0.2, 0) is 6.42 Å². The fraction of sp³-hybridized carbons (Fsp3) is 0.462. The van der Waals surface area contributed by atoms with E-state index in [2.05, 4.69) is 43.1 Å². The van der Waals surface area contributed by atoms with Crippen LogP contribution in [0.1, 0.15) is 31.0 Å². The zero-order chi connectivity index (χ0) is 11.5. The monoisotopic (exact) mass is 234 g/mol. The average molecular weight is 234 g/mol. The average Bonchev–Trinajstić information content (AvgIpc) is 2.65. The van der Waals surface area contributed by atoms with E-state index in [4.69, 9.17) is 5.73 Å². The van der Waals surface area contributed by atoms with Crippen molar-refractivity contribution in [3.05, 3.63) is 35.4 Å². The van der Waals surface area contributed by atoms with Crippen LogP contribution < -0.4 is 5.73 Å². The molecule has 0 amide bonds. The molecule has 1 aromatic rings. The molecule has 0 bridgehead atoms. The molecule has 1 aliphatic heterocycles. The van der Waals surface area contributed by atoms with Gasteiger partial charge in [0.1, 0.15) is 0 Å². The van der Waals surface area contributed by atoms with Crippen LogP contribution in [0.25, 0.3) is 0 Å². The number of rotatable bonds is 3. The van der Waals surface area contributed by atoms with Gasteiger partial charge in [0, 0.05) is 5.75 Å². The number of nitrogens with zero attached hydrogens (tertiary/aromatic N) is 1. The SMILES string of the molecule is CC(C)Cc1ccc(C2CSC(N)=N2)cc1. The van der Waals surface area contributed by atoms with Crippen molar-refractivity contribution in [3.8, 4) is 0 Å². The highest BCUT2D eigenvalue weighted by Gasteiger charge is 2.17. The van der Waals surface area contributed by atoms with Crippen LogP contribution in [0.4, 0.5) is 0 Å². The van der Waals surface area contributed by atoms with Crippen molar-refractivity contribution in [2.45, 2.75) is 26.3 Å². The zero-order valence-corrected chi connectivity index (χ0v) is 10.6. The summed E-state index contributed by atoms with van der Waals surface area (Å²) in [6.45, 7) is 4.49. The quantitative estimate of drug-likeness (QED) is 0.873. The summed E-state index contributed by atoms with van der Waals surface area (Å²) in [5.74, 6) is 1.69. The maximum absolute atomic E-state index is 5.67. The van der Waals surface area contributed by atoms with E-state index in [1.54, 1.807) is 11.8 Å². The Kier molecular flexibility index (Phi) is 3.54. The van der Waals surface area contributed by atoms with Crippen LogP contribution in [0.3, 0.4) is 0 Å². The number of amidine groups is 1. The van der Waals surface area contributed by atoms with E-state index in [0.717, 1.165) is 17.3 Å². The van der Waals surface area contributed by atoms with Crippen LogP contribution in [0.15, 0.2) is 29.3 Å². The molecule has 1 atom stereocenters. The van der Waals surface area contributed by atoms with Crippen molar-refractivity contribution < 1.29 is 0 Å². The second kappa shape index (κ2) is 4.91. The normalized spacial score (nSPS) is 20.2. The Hall–Kier alpha value is -0.960. The molecular weight excluding hydrogens is 216 g/mol. The second-order valence-electron chi connectivity index (χ2n) is 4.63. The molecule has 2 nitrogen and oxygen atoms in total. The van der Waals surface area contributed by atoms with Gasteiger partial charge in [-0.3, -0.25) is 4.99 Å². The first-order valence-electron chi connectivity index (χ1n) is 5.70. The molecule has 1 aromatic carbocycles. The Balaban J connectivity index is 2.07. The number of hydrogen-bond acceptors (Lipinski definition) is 3. The van der Waals surface area contributed by atoms with Gasteiger partial charge in [-0.2, -0.15) is 0 Å². The highest BCUT2D eigenvalue weighted by atomic mass is 32.2. The van der Waals surface area contributed by atoms with Crippen LogP contribution in [0, 0.1) is 5.92 Å². The van der Waals surface area contributed by atoms with E-state index in [-0.39, 0.29) is 6.04 Å². The van der Waals surface area contributed by atoms with Crippen LogP contribution in [0.2, 0.25) is 0 Å². The zero-order valence-electron chi connectivity index (χ0n) is 9.81. The minimum atomic E-state index is 0.262. The minimum Gasteiger partial charge on any atom is -0.379 e. The molecule has 86 valence electrons.